The minimum absolute atomic E-state index is 0.0127. The minimum atomic E-state index is -0.460. The van der Waals surface area contributed by atoms with Crippen LogP contribution < -0.4 is 0 Å². The lowest BCUT2D eigenvalue weighted by atomic mass is 10.3. The average Bonchev–Trinajstić information content (AvgIpc) is 2.81. The van der Waals surface area contributed by atoms with Crippen LogP contribution in [0.2, 0.25) is 0 Å². The molecule has 7 nitrogen and oxygen atoms in total. The maximum absolute atomic E-state index is 10.7. The lowest BCUT2D eigenvalue weighted by Crippen LogP contribution is -1.85. The summed E-state index contributed by atoms with van der Waals surface area (Å²) in [6.45, 7) is 1.84. The zero-order valence-corrected chi connectivity index (χ0v) is 11.2. The summed E-state index contributed by atoms with van der Waals surface area (Å²) < 4.78 is 1.82. The van der Waals surface area contributed by atoms with E-state index in [1.54, 1.807) is 12.1 Å². The Bertz CT molecular complexity index is 853. The molecule has 0 aliphatic heterocycles. The summed E-state index contributed by atoms with van der Waals surface area (Å²) in [6, 6.07) is 11.7. The van der Waals surface area contributed by atoms with E-state index in [1.807, 2.05) is 35.7 Å². The summed E-state index contributed by atoms with van der Waals surface area (Å²) in [6.07, 6.45) is 1.84. The van der Waals surface area contributed by atoms with Gasteiger partial charge in [-0.25, -0.2) is 4.98 Å². The average molecular weight is 281 g/mol. The van der Waals surface area contributed by atoms with Crippen molar-refractivity contribution < 1.29 is 4.92 Å². The fourth-order valence-corrected chi connectivity index (χ4v) is 1.99. The molecule has 0 saturated carbocycles. The first kappa shape index (κ1) is 12.9. The third-order valence-corrected chi connectivity index (χ3v) is 2.97. The smallest absolute Gasteiger partial charge is 0.271 e. The number of pyridine rings is 1. The predicted molar refractivity (Wildman–Crippen MR) is 77.2 cm³/mol. The number of azo groups is 1. The van der Waals surface area contributed by atoms with Gasteiger partial charge >= 0.3 is 0 Å². The van der Waals surface area contributed by atoms with Gasteiger partial charge in [0.1, 0.15) is 5.65 Å². The molecule has 3 rings (SSSR count). The third kappa shape index (κ3) is 2.48. The Kier molecular flexibility index (Phi) is 3.15. The number of nitrogens with zero attached hydrogens (tertiary/aromatic N) is 5. The zero-order valence-electron chi connectivity index (χ0n) is 11.2. The number of rotatable bonds is 3. The van der Waals surface area contributed by atoms with E-state index in [0.717, 1.165) is 11.3 Å². The standard InChI is InChI=1S/C14H11N5O2/c1-10-14(18-8-3-2-7-13(18)15-10)17-16-11-5-4-6-12(9-11)19(20)21/h2-9H,1H3. The van der Waals surface area contributed by atoms with Crippen molar-refractivity contribution in [1.82, 2.24) is 9.38 Å². The number of nitro benzene ring substituents is 1. The molecule has 7 heteroatoms. The van der Waals surface area contributed by atoms with E-state index >= 15 is 0 Å². The van der Waals surface area contributed by atoms with Crippen molar-refractivity contribution in [2.75, 3.05) is 0 Å². The van der Waals surface area contributed by atoms with Crippen molar-refractivity contribution in [3.8, 4) is 0 Å². The van der Waals surface area contributed by atoms with Crippen LogP contribution in [0.1, 0.15) is 5.69 Å². The first-order valence-electron chi connectivity index (χ1n) is 6.25. The fraction of sp³-hybridized carbons (Fsp3) is 0.0714. The number of hydrogen-bond acceptors (Lipinski definition) is 5. The zero-order chi connectivity index (χ0) is 14.8. The molecule has 0 spiro atoms. The SMILES string of the molecule is Cc1nc2ccccn2c1N=Nc1cccc([N+](=O)[O-])c1. The highest BCUT2D eigenvalue weighted by Gasteiger charge is 2.08. The topological polar surface area (TPSA) is 85.2 Å². The third-order valence-electron chi connectivity index (χ3n) is 2.97. The molecular weight excluding hydrogens is 270 g/mol. The molecule has 1 aromatic carbocycles. The quantitative estimate of drug-likeness (QED) is 0.413. The number of hydrogen-bond donors (Lipinski definition) is 0. The van der Waals surface area contributed by atoms with Gasteiger partial charge in [0.05, 0.1) is 16.3 Å². The van der Waals surface area contributed by atoms with E-state index in [1.165, 1.54) is 12.1 Å². The molecule has 0 aliphatic rings. The molecule has 3 aromatic rings. The highest BCUT2D eigenvalue weighted by Crippen LogP contribution is 2.25. The molecule has 0 fully saturated rings. The molecule has 0 unspecified atom stereocenters. The van der Waals surface area contributed by atoms with Crippen LogP contribution in [0.5, 0.6) is 0 Å². The van der Waals surface area contributed by atoms with Gasteiger partial charge < -0.3 is 0 Å². The van der Waals surface area contributed by atoms with Gasteiger partial charge in [-0.1, -0.05) is 12.1 Å². The normalized spacial score (nSPS) is 11.3. The van der Waals surface area contributed by atoms with Gasteiger partial charge in [0.15, 0.2) is 5.82 Å². The van der Waals surface area contributed by atoms with Crippen molar-refractivity contribution in [2.24, 2.45) is 10.2 Å². The van der Waals surface area contributed by atoms with E-state index in [0.29, 0.717) is 11.5 Å². The molecule has 0 aliphatic carbocycles. The van der Waals surface area contributed by atoms with Gasteiger partial charge in [0, 0.05) is 18.3 Å². The molecule has 0 bridgehead atoms. The predicted octanol–water partition coefficient (Wildman–Crippen LogP) is 3.97. The fourth-order valence-electron chi connectivity index (χ4n) is 1.99. The van der Waals surface area contributed by atoms with Crippen LogP contribution in [0.25, 0.3) is 5.65 Å². The van der Waals surface area contributed by atoms with Crippen LogP contribution in [-0.4, -0.2) is 14.3 Å². The van der Waals surface area contributed by atoms with Gasteiger partial charge in [-0.2, -0.15) is 0 Å². The van der Waals surface area contributed by atoms with Crippen molar-refractivity contribution in [1.29, 1.82) is 0 Å². The number of non-ortho nitro benzene ring substituents is 1. The maximum atomic E-state index is 10.7. The van der Waals surface area contributed by atoms with Gasteiger partial charge in [-0.05, 0) is 25.1 Å². The van der Waals surface area contributed by atoms with Crippen LogP contribution in [0.4, 0.5) is 17.2 Å². The Labute approximate surface area is 119 Å². The second-order valence-corrected chi connectivity index (χ2v) is 4.43. The second kappa shape index (κ2) is 5.12. The Morgan fingerprint density at radius 3 is 2.86 bits per heavy atom. The summed E-state index contributed by atoms with van der Waals surface area (Å²) in [5.74, 6) is 0.608. The second-order valence-electron chi connectivity index (χ2n) is 4.43. The highest BCUT2D eigenvalue weighted by atomic mass is 16.6. The molecule has 21 heavy (non-hydrogen) atoms. The molecule has 0 N–H and O–H groups in total. The number of aromatic nitrogens is 2. The molecule has 0 radical (unpaired) electrons. The number of aryl methyl sites for hydroxylation is 1. The lowest BCUT2D eigenvalue weighted by molar-refractivity contribution is -0.384. The van der Waals surface area contributed by atoms with Crippen molar-refractivity contribution in [3.05, 3.63) is 64.5 Å². The molecule has 0 saturated heterocycles. The first-order valence-corrected chi connectivity index (χ1v) is 6.25. The summed E-state index contributed by atoms with van der Waals surface area (Å²) in [4.78, 5) is 14.6. The summed E-state index contributed by atoms with van der Waals surface area (Å²) in [7, 11) is 0. The van der Waals surface area contributed by atoms with E-state index in [2.05, 4.69) is 15.2 Å². The van der Waals surface area contributed by atoms with Crippen LogP contribution in [0.15, 0.2) is 58.9 Å². The Hall–Kier alpha value is -3.09. The Morgan fingerprint density at radius 2 is 2.05 bits per heavy atom. The van der Waals surface area contributed by atoms with Crippen LogP contribution >= 0.6 is 0 Å². The molecule has 0 amide bonds. The maximum Gasteiger partial charge on any atom is 0.271 e. The number of fused-ring (bicyclic) bond motifs is 1. The van der Waals surface area contributed by atoms with E-state index in [9.17, 15) is 10.1 Å². The summed E-state index contributed by atoms with van der Waals surface area (Å²) >= 11 is 0. The van der Waals surface area contributed by atoms with E-state index in [-0.39, 0.29) is 5.69 Å². The van der Waals surface area contributed by atoms with E-state index < -0.39 is 4.92 Å². The molecule has 2 heterocycles. The molecule has 104 valence electrons. The highest BCUT2D eigenvalue weighted by molar-refractivity contribution is 5.52. The molecule has 0 atom stereocenters. The largest absolute Gasteiger partial charge is 0.283 e. The summed E-state index contributed by atoms with van der Waals surface area (Å²) in [5.41, 5.74) is 1.94. The Balaban J connectivity index is 2.00. The van der Waals surface area contributed by atoms with Gasteiger partial charge in [-0.15, -0.1) is 10.2 Å². The first-order chi connectivity index (χ1) is 10.1. The van der Waals surface area contributed by atoms with Crippen molar-refractivity contribution in [3.63, 3.8) is 0 Å². The van der Waals surface area contributed by atoms with Crippen molar-refractivity contribution >= 4 is 22.8 Å². The van der Waals surface area contributed by atoms with Gasteiger partial charge in [0.2, 0.25) is 0 Å². The van der Waals surface area contributed by atoms with Gasteiger partial charge in [0.25, 0.3) is 5.69 Å². The lowest BCUT2D eigenvalue weighted by Gasteiger charge is -1.96. The van der Waals surface area contributed by atoms with Crippen LogP contribution in [0, 0.1) is 17.0 Å². The molecule has 2 aromatic heterocycles. The van der Waals surface area contributed by atoms with Gasteiger partial charge in [-0.3, -0.25) is 14.5 Å². The summed E-state index contributed by atoms with van der Waals surface area (Å²) in [5, 5.41) is 19.0. The van der Waals surface area contributed by atoms with Crippen LogP contribution in [0.3, 0.4) is 0 Å². The Morgan fingerprint density at radius 1 is 1.19 bits per heavy atom. The van der Waals surface area contributed by atoms with E-state index in [4.69, 9.17) is 0 Å². The van der Waals surface area contributed by atoms with Crippen LogP contribution in [-0.2, 0) is 0 Å². The number of nitro groups is 1. The number of benzene rings is 1. The number of imidazole rings is 1. The monoisotopic (exact) mass is 281 g/mol. The van der Waals surface area contributed by atoms with Crippen molar-refractivity contribution in [2.45, 2.75) is 6.92 Å². The minimum Gasteiger partial charge on any atom is -0.283 e. The molecular formula is C14H11N5O2.